The largest absolute Gasteiger partial charge is 0.478 e. The van der Waals surface area contributed by atoms with Crippen LogP contribution in [0.25, 0.3) is 0 Å². The Morgan fingerprint density at radius 2 is 2.00 bits per heavy atom. The van der Waals surface area contributed by atoms with Crippen molar-refractivity contribution >= 4 is 17.3 Å². The number of nitrogens with zero attached hydrogens (tertiary/aromatic N) is 1. The maximum Gasteiger partial charge on any atom is 0.335 e. The smallest absolute Gasteiger partial charge is 0.335 e. The van der Waals surface area contributed by atoms with Crippen molar-refractivity contribution in [2.24, 2.45) is 0 Å². The fraction of sp³-hybridized carbons (Fsp3) is 0.143. The van der Waals surface area contributed by atoms with Crippen molar-refractivity contribution < 1.29 is 9.90 Å². The van der Waals surface area contributed by atoms with Crippen LogP contribution in [0.4, 0.5) is 11.4 Å². The number of carbonyl (C=O) groups is 1. The molecule has 98 valence electrons. The van der Waals surface area contributed by atoms with E-state index in [0.29, 0.717) is 11.4 Å². The summed E-state index contributed by atoms with van der Waals surface area (Å²) < 4.78 is 0. The van der Waals surface area contributed by atoms with Gasteiger partial charge in [0.25, 0.3) is 0 Å². The normalized spacial score (nSPS) is 11.8. The highest BCUT2D eigenvalue weighted by molar-refractivity contribution is 5.90. The summed E-state index contributed by atoms with van der Waals surface area (Å²) in [5.74, 6) is -0.973. The van der Waals surface area contributed by atoms with E-state index >= 15 is 0 Å². The highest BCUT2D eigenvalue weighted by Crippen LogP contribution is 2.25. The van der Waals surface area contributed by atoms with E-state index in [-0.39, 0.29) is 11.6 Å². The molecule has 2 rings (SSSR count). The van der Waals surface area contributed by atoms with Gasteiger partial charge in [-0.1, -0.05) is 0 Å². The molecule has 2 aromatic rings. The van der Waals surface area contributed by atoms with Gasteiger partial charge in [0.2, 0.25) is 0 Å². The van der Waals surface area contributed by atoms with Gasteiger partial charge in [0.05, 0.1) is 16.9 Å². The number of hydrogen-bond donors (Lipinski definition) is 3. The number of benzene rings is 1. The van der Waals surface area contributed by atoms with Crippen LogP contribution >= 0.6 is 0 Å². The SMILES string of the molecule is CC(Nc1cc(C(=O)O)ccc1N)c1ccncc1. The van der Waals surface area contributed by atoms with E-state index < -0.39 is 5.97 Å². The van der Waals surface area contributed by atoms with Gasteiger partial charge in [-0.15, -0.1) is 0 Å². The molecule has 0 aliphatic rings. The van der Waals surface area contributed by atoms with E-state index in [9.17, 15) is 4.79 Å². The van der Waals surface area contributed by atoms with Gasteiger partial charge in [-0.2, -0.15) is 0 Å². The molecule has 19 heavy (non-hydrogen) atoms. The lowest BCUT2D eigenvalue weighted by Crippen LogP contribution is -2.09. The quantitative estimate of drug-likeness (QED) is 0.732. The summed E-state index contributed by atoms with van der Waals surface area (Å²) in [6.07, 6.45) is 3.43. The predicted molar refractivity (Wildman–Crippen MR) is 74.1 cm³/mol. The molecule has 5 heteroatoms. The topological polar surface area (TPSA) is 88.2 Å². The van der Waals surface area contributed by atoms with E-state index in [0.717, 1.165) is 5.56 Å². The summed E-state index contributed by atoms with van der Waals surface area (Å²) in [5, 5.41) is 12.2. The number of nitrogen functional groups attached to an aromatic ring is 1. The number of aromatic nitrogens is 1. The Hall–Kier alpha value is -2.56. The number of pyridine rings is 1. The first-order chi connectivity index (χ1) is 9.08. The molecule has 0 amide bonds. The maximum atomic E-state index is 10.9. The van der Waals surface area contributed by atoms with E-state index in [1.54, 1.807) is 18.5 Å². The summed E-state index contributed by atoms with van der Waals surface area (Å²) in [6, 6.07) is 8.42. The Kier molecular flexibility index (Phi) is 3.66. The fourth-order valence-corrected chi connectivity index (χ4v) is 1.78. The van der Waals surface area contributed by atoms with E-state index in [4.69, 9.17) is 10.8 Å². The maximum absolute atomic E-state index is 10.9. The number of nitrogens with two attached hydrogens (primary N) is 1. The summed E-state index contributed by atoms with van der Waals surface area (Å²) >= 11 is 0. The van der Waals surface area contributed by atoms with E-state index in [2.05, 4.69) is 10.3 Å². The molecule has 0 bridgehead atoms. The summed E-state index contributed by atoms with van der Waals surface area (Å²) in [7, 11) is 0. The highest BCUT2D eigenvalue weighted by atomic mass is 16.4. The second kappa shape index (κ2) is 5.39. The molecule has 0 fully saturated rings. The lowest BCUT2D eigenvalue weighted by Gasteiger charge is -2.17. The van der Waals surface area contributed by atoms with Crippen LogP contribution in [0.5, 0.6) is 0 Å². The van der Waals surface area contributed by atoms with Crippen molar-refractivity contribution in [3.05, 3.63) is 53.9 Å². The van der Waals surface area contributed by atoms with Crippen LogP contribution in [0.1, 0.15) is 28.9 Å². The van der Waals surface area contributed by atoms with Crippen LogP contribution in [0.15, 0.2) is 42.7 Å². The van der Waals surface area contributed by atoms with Gasteiger partial charge in [-0.3, -0.25) is 4.98 Å². The molecular weight excluding hydrogens is 242 g/mol. The predicted octanol–water partition coefficient (Wildman–Crippen LogP) is 2.54. The summed E-state index contributed by atoms with van der Waals surface area (Å²) in [6.45, 7) is 1.97. The van der Waals surface area contributed by atoms with Gasteiger partial charge in [-0.25, -0.2) is 4.79 Å². The van der Waals surface area contributed by atoms with Crippen molar-refractivity contribution in [1.29, 1.82) is 0 Å². The molecule has 0 spiro atoms. The first kappa shape index (κ1) is 12.9. The standard InChI is InChI=1S/C14H15N3O2/c1-9(10-4-6-16-7-5-10)17-13-8-11(14(18)19)2-3-12(13)15/h2-9,17H,15H2,1H3,(H,18,19). The Morgan fingerprint density at radius 3 is 2.63 bits per heavy atom. The molecule has 1 heterocycles. The van der Waals surface area contributed by atoms with Crippen molar-refractivity contribution in [3.8, 4) is 0 Å². The number of anilines is 2. The third-order valence-corrected chi connectivity index (χ3v) is 2.88. The highest BCUT2D eigenvalue weighted by Gasteiger charge is 2.10. The zero-order valence-electron chi connectivity index (χ0n) is 10.5. The van der Waals surface area contributed by atoms with Crippen LogP contribution in [0.3, 0.4) is 0 Å². The number of hydrogen-bond acceptors (Lipinski definition) is 4. The lowest BCUT2D eigenvalue weighted by atomic mass is 10.1. The van der Waals surface area contributed by atoms with Gasteiger partial charge in [-0.05, 0) is 42.8 Å². The first-order valence-electron chi connectivity index (χ1n) is 5.87. The van der Waals surface area contributed by atoms with Gasteiger partial charge in [0.15, 0.2) is 0 Å². The zero-order chi connectivity index (χ0) is 13.8. The van der Waals surface area contributed by atoms with Gasteiger partial charge in [0, 0.05) is 18.4 Å². The molecule has 1 aromatic carbocycles. The average molecular weight is 257 g/mol. The molecule has 1 aromatic heterocycles. The van der Waals surface area contributed by atoms with Crippen LogP contribution in [-0.2, 0) is 0 Å². The molecule has 0 radical (unpaired) electrons. The second-order valence-electron chi connectivity index (χ2n) is 4.25. The average Bonchev–Trinajstić information content (AvgIpc) is 2.42. The summed E-state index contributed by atoms with van der Waals surface area (Å²) in [4.78, 5) is 14.9. The van der Waals surface area contributed by atoms with Crippen LogP contribution in [0.2, 0.25) is 0 Å². The van der Waals surface area contributed by atoms with Crippen molar-refractivity contribution in [1.82, 2.24) is 4.98 Å². The first-order valence-corrected chi connectivity index (χ1v) is 5.87. The van der Waals surface area contributed by atoms with Crippen molar-refractivity contribution in [2.75, 3.05) is 11.1 Å². The Bertz CT molecular complexity index is 584. The van der Waals surface area contributed by atoms with Crippen LogP contribution in [-0.4, -0.2) is 16.1 Å². The molecule has 1 atom stereocenters. The van der Waals surface area contributed by atoms with E-state index in [1.807, 2.05) is 19.1 Å². The Balaban J connectivity index is 2.23. The minimum atomic E-state index is -0.973. The minimum absolute atomic E-state index is 0.00865. The Labute approximate surface area is 111 Å². The molecule has 0 saturated carbocycles. The number of carboxylic acids is 1. The monoisotopic (exact) mass is 257 g/mol. The molecule has 1 unspecified atom stereocenters. The third kappa shape index (κ3) is 3.01. The van der Waals surface area contributed by atoms with Crippen molar-refractivity contribution in [3.63, 3.8) is 0 Å². The van der Waals surface area contributed by atoms with Gasteiger partial charge in [0.1, 0.15) is 0 Å². The zero-order valence-corrected chi connectivity index (χ0v) is 10.5. The third-order valence-electron chi connectivity index (χ3n) is 2.88. The lowest BCUT2D eigenvalue weighted by molar-refractivity contribution is 0.0697. The van der Waals surface area contributed by atoms with E-state index in [1.165, 1.54) is 12.1 Å². The van der Waals surface area contributed by atoms with Crippen molar-refractivity contribution in [2.45, 2.75) is 13.0 Å². The van der Waals surface area contributed by atoms with Gasteiger partial charge < -0.3 is 16.2 Å². The molecule has 5 nitrogen and oxygen atoms in total. The molecular formula is C14H15N3O2. The number of carboxylic acid groups (broad SMARTS) is 1. The molecule has 4 N–H and O–H groups in total. The van der Waals surface area contributed by atoms with Crippen LogP contribution < -0.4 is 11.1 Å². The minimum Gasteiger partial charge on any atom is -0.478 e. The second-order valence-corrected chi connectivity index (χ2v) is 4.25. The number of rotatable bonds is 4. The Morgan fingerprint density at radius 1 is 1.32 bits per heavy atom. The molecule has 0 aliphatic carbocycles. The molecule has 0 aliphatic heterocycles. The summed E-state index contributed by atoms with van der Waals surface area (Å²) in [5.41, 5.74) is 8.24. The molecule has 0 saturated heterocycles. The van der Waals surface area contributed by atoms with Crippen LogP contribution in [0, 0.1) is 0 Å². The fourth-order valence-electron chi connectivity index (χ4n) is 1.78. The number of nitrogens with one attached hydrogen (secondary N) is 1. The number of aromatic carboxylic acids is 1. The van der Waals surface area contributed by atoms with Gasteiger partial charge >= 0.3 is 5.97 Å².